The lowest BCUT2D eigenvalue weighted by atomic mass is 10.5. The summed E-state index contributed by atoms with van der Waals surface area (Å²) in [6, 6.07) is 0. The Morgan fingerprint density at radius 1 is 0.480 bits per heavy atom. The number of hydrogen-bond donors (Lipinski definition) is 0. The predicted octanol–water partition coefficient (Wildman–Crippen LogP) is 6.12. The van der Waals surface area contributed by atoms with Gasteiger partial charge in [0.25, 0.3) is 0 Å². The van der Waals surface area contributed by atoms with Gasteiger partial charge >= 0.3 is 9.05 Å². The molecule has 0 radical (unpaired) electrons. The molecule has 0 aliphatic carbocycles. The zero-order valence-electron chi connectivity index (χ0n) is 13.1. The molecule has 0 heterocycles. The minimum atomic E-state index is -3.32. The Morgan fingerprint density at radius 3 is 0.840 bits per heavy atom. The summed E-state index contributed by atoms with van der Waals surface area (Å²) in [4.78, 5) is 0.548. The molecule has 4 unspecified atom stereocenters. The molecular formula is C12H20Br8O4Si. The van der Waals surface area contributed by atoms with Crippen LogP contribution in [-0.2, 0) is 17.7 Å². The van der Waals surface area contributed by atoms with Gasteiger partial charge in [0.2, 0.25) is 0 Å². The second-order valence-corrected chi connectivity index (χ2v) is 14.7. The third kappa shape index (κ3) is 14.5. The Hall–Kier alpha value is 3.90. The molecule has 0 saturated carbocycles. The van der Waals surface area contributed by atoms with Crippen LogP contribution in [0.5, 0.6) is 0 Å². The first-order valence-corrected chi connectivity index (χ1v) is 17.0. The van der Waals surface area contributed by atoms with E-state index in [4.69, 9.17) is 17.7 Å². The average molecular weight is 896 g/mol. The Balaban J connectivity index is 5.11. The molecule has 0 aromatic rings. The molecule has 0 fully saturated rings. The molecule has 0 saturated heterocycles. The van der Waals surface area contributed by atoms with E-state index in [1.54, 1.807) is 0 Å². The second kappa shape index (κ2) is 17.6. The normalized spacial score (nSPS) is 19.2. The molecule has 13 heteroatoms. The molecule has 0 aliphatic rings. The zero-order valence-corrected chi connectivity index (χ0v) is 26.8. The van der Waals surface area contributed by atoms with Crippen molar-refractivity contribution in [3.05, 3.63) is 0 Å². The van der Waals surface area contributed by atoms with Gasteiger partial charge in [0.05, 0.1) is 26.4 Å². The van der Waals surface area contributed by atoms with Crippen LogP contribution >= 0.6 is 127 Å². The van der Waals surface area contributed by atoms with E-state index >= 15 is 0 Å². The van der Waals surface area contributed by atoms with Crippen molar-refractivity contribution in [1.29, 1.82) is 0 Å². The number of halogens is 8. The Bertz CT molecular complexity index is 272. The number of alkyl halides is 8. The Kier molecular flexibility index (Phi) is 20.3. The van der Waals surface area contributed by atoms with Gasteiger partial charge in [-0.05, 0) is 0 Å². The van der Waals surface area contributed by atoms with Crippen LogP contribution in [0.4, 0.5) is 0 Å². The largest absolute Gasteiger partial charge is 0.679 e. The topological polar surface area (TPSA) is 36.9 Å². The molecule has 25 heavy (non-hydrogen) atoms. The van der Waals surface area contributed by atoms with Crippen LogP contribution in [-0.4, -0.2) is 76.1 Å². The van der Waals surface area contributed by atoms with Crippen LogP contribution in [0.2, 0.25) is 0 Å². The fourth-order valence-electron chi connectivity index (χ4n) is 1.20. The standard InChI is InChI=1S/C12H20Br8O4Si/c13-1-9(17)5-21-25(22-6-10(18)2-14,23-7-11(19)3-15)24-8-12(20)4-16/h9-12H,1-8H2. The van der Waals surface area contributed by atoms with Gasteiger partial charge in [0, 0.05) is 40.6 Å². The third-order valence-corrected chi connectivity index (χ3v) is 13.5. The van der Waals surface area contributed by atoms with E-state index in [0.29, 0.717) is 26.4 Å². The molecule has 152 valence electrons. The van der Waals surface area contributed by atoms with Crippen LogP contribution in [0.1, 0.15) is 0 Å². The minimum Gasteiger partial charge on any atom is -0.350 e. The predicted molar refractivity (Wildman–Crippen MR) is 136 cm³/mol. The van der Waals surface area contributed by atoms with Crippen molar-refractivity contribution in [3.8, 4) is 0 Å². The van der Waals surface area contributed by atoms with E-state index in [1.165, 1.54) is 0 Å². The first-order valence-electron chi connectivity index (χ1n) is 7.18. The highest BCUT2D eigenvalue weighted by Crippen LogP contribution is 2.21. The molecule has 0 bridgehead atoms. The molecule has 0 amide bonds. The lowest BCUT2D eigenvalue weighted by Crippen LogP contribution is -2.53. The van der Waals surface area contributed by atoms with Gasteiger partial charge < -0.3 is 17.7 Å². The van der Waals surface area contributed by atoms with Gasteiger partial charge in [-0.25, -0.2) is 0 Å². The molecule has 0 N–H and O–H groups in total. The van der Waals surface area contributed by atoms with Gasteiger partial charge in [-0.15, -0.1) is 0 Å². The Morgan fingerprint density at radius 2 is 0.680 bits per heavy atom. The second-order valence-electron chi connectivity index (χ2n) is 4.75. The van der Waals surface area contributed by atoms with Crippen molar-refractivity contribution in [3.63, 3.8) is 0 Å². The number of rotatable bonds is 16. The molecule has 0 spiro atoms. The summed E-state index contributed by atoms with van der Waals surface area (Å²) < 4.78 is 24.2. The summed E-state index contributed by atoms with van der Waals surface area (Å²) in [5.74, 6) is 0. The highest BCUT2D eigenvalue weighted by molar-refractivity contribution is 9.13. The van der Waals surface area contributed by atoms with Crippen molar-refractivity contribution >= 4 is 136 Å². The quantitative estimate of drug-likeness (QED) is 0.138. The summed E-state index contributed by atoms with van der Waals surface area (Å²) in [5.41, 5.74) is 0. The lowest BCUT2D eigenvalue weighted by molar-refractivity contribution is -0.0309. The van der Waals surface area contributed by atoms with Gasteiger partial charge in [-0.1, -0.05) is 127 Å². The maximum Gasteiger partial charge on any atom is 0.679 e. The van der Waals surface area contributed by atoms with Crippen LogP contribution in [0, 0.1) is 0 Å². The smallest absolute Gasteiger partial charge is 0.350 e. The van der Waals surface area contributed by atoms with Crippen LogP contribution < -0.4 is 0 Å². The average Bonchev–Trinajstić information content (AvgIpc) is 2.65. The van der Waals surface area contributed by atoms with E-state index in [0.717, 1.165) is 21.3 Å². The minimum absolute atomic E-state index is 0.137. The van der Waals surface area contributed by atoms with Crippen molar-refractivity contribution in [2.45, 2.75) is 19.3 Å². The highest BCUT2D eigenvalue weighted by Gasteiger charge is 2.47. The molecule has 4 atom stereocenters. The molecule has 0 aromatic heterocycles. The van der Waals surface area contributed by atoms with Crippen molar-refractivity contribution in [2.75, 3.05) is 47.7 Å². The van der Waals surface area contributed by atoms with Crippen LogP contribution in [0.25, 0.3) is 0 Å². The Labute approximate surface area is 218 Å². The fourth-order valence-corrected chi connectivity index (χ4v) is 5.57. The van der Waals surface area contributed by atoms with E-state index < -0.39 is 9.05 Å². The molecular weight excluding hydrogens is 875 g/mol. The summed E-state index contributed by atoms with van der Waals surface area (Å²) in [5, 5.41) is 3.02. The van der Waals surface area contributed by atoms with Gasteiger partial charge in [-0.2, -0.15) is 0 Å². The number of hydrogen-bond acceptors (Lipinski definition) is 4. The van der Waals surface area contributed by atoms with E-state index in [-0.39, 0.29) is 19.3 Å². The third-order valence-electron chi connectivity index (χ3n) is 2.43. The van der Waals surface area contributed by atoms with E-state index in [2.05, 4.69) is 127 Å². The monoisotopic (exact) mass is 887 g/mol. The summed E-state index contributed by atoms with van der Waals surface area (Å²) in [6.07, 6.45) is 0. The lowest BCUT2D eigenvalue weighted by Gasteiger charge is -2.30. The van der Waals surface area contributed by atoms with E-state index in [9.17, 15) is 0 Å². The van der Waals surface area contributed by atoms with Crippen molar-refractivity contribution in [1.82, 2.24) is 0 Å². The molecule has 0 rings (SSSR count). The van der Waals surface area contributed by atoms with Gasteiger partial charge in [0.1, 0.15) is 0 Å². The SMILES string of the molecule is BrCC(Br)CO[Si](OCC(Br)CBr)(OCC(Br)CBr)OCC(Br)CBr. The zero-order chi connectivity index (χ0) is 19.3. The first-order chi connectivity index (χ1) is 11.8. The summed E-state index contributed by atoms with van der Waals surface area (Å²) in [7, 11) is -3.32. The molecule has 0 aromatic carbocycles. The van der Waals surface area contributed by atoms with Gasteiger partial charge in [-0.3, -0.25) is 0 Å². The van der Waals surface area contributed by atoms with Crippen LogP contribution in [0.15, 0.2) is 0 Å². The van der Waals surface area contributed by atoms with Crippen LogP contribution in [0.3, 0.4) is 0 Å². The molecule has 4 nitrogen and oxygen atoms in total. The fraction of sp³-hybridized carbons (Fsp3) is 1.00. The van der Waals surface area contributed by atoms with Crippen molar-refractivity contribution in [2.24, 2.45) is 0 Å². The van der Waals surface area contributed by atoms with Gasteiger partial charge in [0.15, 0.2) is 0 Å². The van der Waals surface area contributed by atoms with Crippen molar-refractivity contribution < 1.29 is 17.7 Å². The maximum absolute atomic E-state index is 6.05. The maximum atomic E-state index is 6.05. The van der Waals surface area contributed by atoms with E-state index in [1.807, 2.05) is 0 Å². The first kappa shape index (κ1) is 28.9. The molecule has 0 aliphatic heterocycles. The summed E-state index contributed by atoms with van der Waals surface area (Å²) in [6.45, 7) is 1.67. The summed E-state index contributed by atoms with van der Waals surface area (Å²) >= 11 is 27.9. The highest BCUT2D eigenvalue weighted by atomic mass is 79.9.